The second-order valence-electron chi connectivity index (χ2n) is 11.8. The van der Waals surface area contributed by atoms with Crippen LogP contribution in [0.25, 0.3) is 0 Å². The second kappa shape index (κ2) is 6.87. The Morgan fingerprint density at radius 1 is 1.26 bits per heavy atom. The molecule has 10 atom stereocenters. The summed E-state index contributed by atoms with van der Waals surface area (Å²) in [6, 6.07) is 2.03. The topological polar surface area (TPSA) is 75.0 Å². The number of hydrogen-bond acceptors (Lipinski definition) is 6. The molecule has 6 rings (SSSR count). The standard InChI is InChI=1S/C28H34O6/c1-14-17(16-8-11-32-13-16)12-18-19(14)28(5)21(15(2)24(29)31-6)26(3)9-7-10-27(4)22(26)20(23(28)33-18)34-25(27)30/h7-8,10-11,13,15,17-18,20-23H,9,12H2,1-6H3/t15?,17-,18-,20-,21-,22-,23-,26-,27-,28+/m1/s1. The van der Waals surface area contributed by atoms with E-state index >= 15 is 0 Å². The van der Waals surface area contributed by atoms with Crippen molar-refractivity contribution in [2.45, 2.75) is 71.7 Å². The fourth-order valence-corrected chi connectivity index (χ4v) is 9.30. The van der Waals surface area contributed by atoms with Gasteiger partial charge in [0, 0.05) is 17.3 Å². The molecule has 0 aromatic carbocycles. The van der Waals surface area contributed by atoms with E-state index in [-0.39, 0.29) is 59.3 Å². The molecule has 0 amide bonds. The van der Waals surface area contributed by atoms with Crippen molar-refractivity contribution in [3.05, 3.63) is 47.5 Å². The molecular formula is C28H34O6. The fraction of sp³-hybridized carbons (Fsp3) is 0.643. The Bertz CT molecular complexity index is 1120. The Kier molecular flexibility index (Phi) is 4.47. The van der Waals surface area contributed by atoms with Crippen LogP contribution in [0.4, 0.5) is 0 Å². The normalized spacial score (nSPS) is 47.2. The lowest BCUT2D eigenvalue weighted by Gasteiger charge is -2.61. The van der Waals surface area contributed by atoms with Gasteiger partial charge in [0.15, 0.2) is 0 Å². The minimum atomic E-state index is -0.711. The SMILES string of the molecule is COC(=O)C(C)[C@@H]1[C@@]2(C)CC=C[C@@]3(C)C(=O)O[C@@H]([C@H]4O[C@@H]5C[C@@H](c6ccoc6)C(C)=C5[C@]41C)[C@H]23. The molecule has 0 bridgehead atoms. The van der Waals surface area contributed by atoms with Crippen LogP contribution in [0.5, 0.6) is 0 Å². The number of allylic oxidation sites excluding steroid dienone is 2. The van der Waals surface area contributed by atoms with Crippen LogP contribution in [-0.2, 0) is 23.8 Å². The third kappa shape index (κ3) is 2.40. The third-order valence-electron chi connectivity index (χ3n) is 10.3. The smallest absolute Gasteiger partial charge is 0.316 e. The van der Waals surface area contributed by atoms with E-state index in [1.807, 2.05) is 32.3 Å². The van der Waals surface area contributed by atoms with Crippen molar-refractivity contribution in [2.75, 3.05) is 7.11 Å². The first-order chi connectivity index (χ1) is 16.1. The van der Waals surface area contributed by atoms with Crippen LogP contribution < -0.4 is 0 Å². The number of carbonyl (C=O) groups excluding carboxylic acids is 2. The van der Waals surface area contributed by atoms with Crippen molar-refractivity contribution in [1.29, 1.82) is 0 Å². The largest absolute Gasteiger partial charge is 0.472 e. The predicted octanol–water partition coefficient (Wildman–Crippen LogP) is 4.81. The molecule has 0 spiro atoms. The molecule has 3 aliphatic carbocycles. The molecule has 0 radical (unpaired) electrons. The van der Waals surface area contributed by atoms with Gasteiger partial charge >= 0.3 is 11.9 Å². The Morgan fingerprint density at radius 3 is 2.71 bits per heavy atom. The van der Waals surface area contributed by atoms with Crippen LogP contribution in [-0.4, -0.2) is 37.4 Å². The molecule has 1 saturated carbocycles. The van der Waals surface area contributed by atoms with Crippen molar-refractivity contribution < 1.29 is 28.2 Å². The highest BCUT2D eigenvalue weighted by molar-refractivity contribution is 5.83. The number of furan rings is 1. The molecule has 2 aliphatic heterocycles. The number of methoxy groups -OCH3 is 1. The van der Waals surface area contributed by atoms with Crippen LogP contribution in [0, 0.1) is 34.0 Å². The van der Waals surface area contributed by atoms with E-state index in [9.17, 15) is 9.59 Å². The van der Waals surface area contributed by atoms with Gasteiger partial charge in [0.25, 0.3) is 0 Å². The van der Waals surface area contributed by atoms with Gasteiger partial charge in [-0.3, -0.25) is 9.59 Å². The maximum Gasteiger partial charge on any atom is 0.316 e. The number of fused-ring (bicyclic) bond motifs is 4. The van der Waals surface area contributed by atoms with Crippen LogP contribution in [0.1, 0.15) is 58.9 Å². The van der Waals surface area contributed by atoms with Gasteiger partial charge in [0.1, 0.15) is 12.2 Å². The predicted molar refractivity (Wildman–Crippen MR) is 124 cm³/mol. The minimum absolute atomic E-state index is 0.0583. The molecule has 2 saturated heterocycles. The van der Waals surface area contributed by atoms with Crippen LogP contribution in [0.15, 0.2) is 46.3 Å². The number of ether oxygens (including phenoxy) is 3. The highest BCUT2D eigenvalue weighted by Gasteiger charge is 2.76. The lowest BCUT2D eigenvalue weighted by atomic mass is 9.41. The summed E-state index contributed by atoms with van der Waals surface area (Å²) in [5.74, 6) is -0.657. The first-order valence-corrected chi connectivity index (χ1v) is 12.4. The lowest BCUT2D eigenvalue weighted by molar-refractivity contribution is -0.198. The average molecular weight is 467 g/mol. The molecule has 3 heterocycles. The number of rotatable bonds is 3. The molecule has 0 N–H and O–H groups in total. The molecule has 182 valence electrons. The van der Waals surface area contributed by atoms with Gasteiger partial charge in [-0.25, -0.2) is 0 Å². The van der Waals surface area contributed by atoms with Gasteiger partial charge < -0.3 is 18.6 Å². The zero-order valence-electron chi connectivity index (χ0n) is 20.8. The van der Waals surface area contributed by atoms with Crippen molar-refractivity contribution in [1.82, 2.24) is 0 Å². The van der Waals surface area contributed by atoms with E-state index in [4.69, 9.17) is 18.6 Å². The highest BCUT2D eigenvalue weighted by atomic mass is 16.6. The monoisotopic (exact) mass is 466 g/mol. The van der Waals surface area contributed by atoms with E-state index in [1.54, 1.807) is 6.26 Å². The molecule has 1 aromatic heterocycles. The van der Waals surface area contributed by atoms with Crippen molar-refractivity contribution in [3.63, 3.8) is 0 Å². The molecule has 1 aromatic rings. The molecule has 6 nitrogen and oxygen atoms in total. The van der Waals surface area contributed by atoms with Gasteiger partial charge in [0.2, 0.25) is 0 Å². The molecule has 3 fully saturated rings. The zero-order chi connectivity index (χ0) is 24.2. The highest BCUT2D eigenvalue weighted by Crippen LogP contribution is 2.73. The molecule has 1 unspecified atom stereocenters. The number of esters is 2. The Balaban J connectivity index is 1.57. The van der Waals surface area contributed by atoms with Gasteiger partial charge in [0.05, 0.1) is 37.1 Å². The summed E-state index contributed by atoms with van der Waals surface area (Å²) in [4.78, 5) is 26.3. The van der Waals surface area contributed by atoms with Gasteiger partial charge in [-0.15, -0.1) is 0 Å². The van der Waals surface area contributed by atoms with E-state index in [0.29, 0.717) is 0 Å². The van der Waals surface area contributed by atoms with Gasteiger partial charge in [-0.2, -0.15) is 0 Å². The second-order valence-corrected chi connectivity index (χ2v) is 11.8. The third-order valence-corrected chi connectivity index (χ3v) is 10.3. The van der Waals surface area contributed by atoms with Crippen molar-refractivity contribution in [3.8, 4) is 0 Å². The van der Waals surface area contributed by atoms with Gasteiger partial charge in [-0.1, -0.05) is 38.5 Å². The Hall–Kier alpha value is -2.34. The van der Waals surface area contributed by atoms with Crippen molar-refractivity contribution >= 4 is 11.9 Å². The first-order valence-electron chi connectivity index (χ1n) is 12.4. The van der Waals surface area contributed by atoms with E-state index in [0.717, 1.165) is 18.4 Å². The van der Waals surface area contributed by atoms with E-state index in [2.05, 4.69) is 26.8 Å². The Labute approximate surface area is 200 Å². The number of hydrogen-bond donors (Lipinski definition) is 0. The van der Waals surface area contributed by atoms with E-state index in [1.165, 1.54) is 18.3 Å². The first kappa shape index (κ1) is 22.1. The maximum absolute atomic E-state index is 13.2. The summed E-state index contributed by atoms with van der Waals surface area (Å²) in [5, 5.41) is 0. The molecular weight excluding hydrogens is 432 g/mol. The summed E-state index contributed by atoms with van der Waals surface area (Å²) < 4.78 is 23.7. The maximum atomic E-state index is 13.2. The van der Waals surface area contributed by atoms with Crippen LogP contribution in [0.2, 0.25) is 0 Å². The summed E-state index contributed by atoms with van der Waals surface area (Å²) >= 11 is 0. The minimum Gasteiger partial charge on any atom is -0.472 e. The van der Waals surface area contributed by atoms with Crippen LogP contribution in [0.3, 0.4) is 0 Å². The van der Waals surface area contributed by atoms with E-state index < -0.39 is 10.8 Å². The summed E-state index contributed by atoms with van der Waals surface area (Å²) in [6.45, 7) is 10.7. The molecule has 34 heavy (non-hydrogen) atoms. The average Bonchev–Trinajstić information content (AvgIpc) is 3.53. The van der Waals surface area contributed by atoms with Gasteiger partial charge in [-0.05, 0) is 55.2 Å². The fourth-order valence-electron chi connectivity index (χ4n) is 9.30. The molecule has 5 aliphatic rings. The summed E-state index contributed by atoms with van der Waals surface area (Å²) in [5.41, 5.74) is 2.21. The summed E-state index contributed by atoms with van der Waals surface area (Å²) in [7, 11) is 1.46. The zero-order valence-corrected chi connectivity index (χ0v) is 20.8. The lowest BCUT2D eigenvalue weighted by Crippen LogP contribution is -2.65. The summed E-state index contributed by atoms with van der Waals surface area (Å²) in [6.07, 6.45) is 8.62. The van der Waals surface area contributed by atoms with Crippen molar-refractivity contribution in [2.24, 2.45) is 34.0 Å². The quantitative estimate of drug-likeness (QED) is 0.470. The number of carbonyl (C=O) groups is 2. The van der Waals surface area contributed by atoms with Crippen LogP contribution >= 0.6 is 0 Å². The molecule has 6 heteroatoms. The Morgan fingerprint density at radius 2 is 2.03 bits per heavy atom.